The maximum Gasteiger partial charge on any atom is 0.201 e. The minimum Gasteiger partial charge on any atom is -0.358 e. The molecule has 19 heavy (non-hydrogen) atoms. The SMILES string of the molecule is C#CC1(N)C(=O)c2cc(C)[nH]c2C2=C1C=C(C)C2C. The predicted octanol–water partition coefficient (Wildman–Crippen LogP) is 2.20. The van der Waals surface area contributed by atoms with E-state index in [-0.39, 0.29) is 11.7 Å². The zero-order valence-electron chi connectivity index (χ0n) is 11.3. The molecule has 3 heteroatoms. The van der Waals surface area contributed by atoms with E-state index in [2.05, 4.69) is 17.8 Å². The van der Waals surface area contributed by atoms with Crippen molar-refractivity contribution in [3.8, 4) is 12.3 Å². The molecule has 0 fully saturated rings. The fraction of sp³-hybridized carbons (Fsp3) is 0.312. The Kier molecular flexibility index (Phi) is 2.21. The molecule has 2 aliphatic carbocycles. The van der Waals surface area contributed by atoms with Gasteiger partial charge in [0.25, 0.3) is 0 Å². The normalized spacial score (nSPS) is 28.9. The second-order valence-corrected chi connectivity index (χ2v) is 5.46. The van der Waals surface area contributed by atoms with E-state index in [1.807, 2.05) is 26.0 Å². The van der Waals surface area contributed by atoms with Gasteiger partial charge >= 0.3 is 0 Å². The molecule has 0 bridgehead atoms. The van der Waals surface area contributed by atoms with Crippen molar-refractivity contribution in [2.24, 2.45) is 11.7 Å². The third-order valence-electron chi connectivity index (χ3n) is 4.26. The number of H-pyrrole nitrogens is 1. The number of carbonyl (C=O) groups is 1. The fourth-order valence-corrected chi connectivity index (χ4v) is 3.03. The van der Waals surface area contributed by atoms with Gasteiger partial charge in [0.15, 0.2) is 5.54 Å². The van der Waals surface area contributed by atoms with Crippen LogP contribution in [0.25, 0.3) is 5.57 Å². The van der Waals surface area contributed by atoms with Crippen LogP contribution in [0.1, 0.15) is 35.6 Å². The molecule has 3 rings (SSSR count). The largest absolute Gasteiger partial charge is 0.358 e. The van der Waals surface area contributed by atoms with Crippen molar-refractivity contribution >= 4 is 11.4 Å². The van der Waals surface area contributed by atoms with Gasteiger partial charge in [0.1, 0.15) is 0 Å². The van der Waals surface area contributed by atoms with Gasteiger partial charge in [0.2, 0.25) is 5.78 Å². The van der Waals surface area contributed by atoms with Gasteiger partial charge in [-0.1, -0.05) is 24.5 Å². The lowest BCUT2D eigenvalue weighted by Crippen LogP contribution is -2.50. The van der Waals surface area contributed by atoms with E-state index in [1.165, 1.54) is 5.57 Å². The van der Waals surface area contributed by atoms with Crippen molar-refractivity contribution in [3.63, 3.8) is 0 Å². The molecule has 0 spiro atoms. The Morgan fingerprint density at radius 2 is 2.16 bits per heavy atom. The number of carbonyl (C=O) groups excluding carboxylic acids is 1. The van der Waals surface area contributed by atoms with Gasteiger partial charge < -0.3 is 10.7 Å². The van der Waals surface area contributed by atoms with E-state index in [0.717, 1.165) is 22.5 Å². The van der Waals surface area contributed by atoms with E-state index in [4.69, 9.17) is 12.2 Å². The second kappa shape index (κ2) is 3.49. The number of hydrogen-bond donors (Lipinski definition) is 2. The van der Waals surface area contributed by atoms with E-state index in [0.29, 0.717) is 5.56 Å². The van der Waals surface area contributed by atoms with Crippen LogP contribution in [0.3, 0.4) is 0 Å². The highest BCUT2D eigenvalue weighted by molar-refractivity contribution is 6.16. The summed E-state index contributed by atoms with van der Waals surface area (Å²) in [6.07, 6.45) is 7.54. The number of terminal acetylenes is 1. The number of aryl methyl sites for hydroxylation is 1. The molecule has 0 saturated carbocycles. The molecule has 0 radical (unpaired) electrons. The minimum absolute atomic E-state index is 0.189. The zero-order chi connectivity index (χ0) is 13.9. The predicted molar refractivity (Wildman–Crippen MR) is 75.5 cm³/mol. The number of ketones is 1. The number of allylic oxidation sites excluding steroid dienone is 2. The highest BCUT2D eigenvalue weighted by Crippen LogP contribution is 2.46. The molecule has 0 aliphatic heterocycles. The number of hydrogen-bond acceptors (Lipinski definition) is 2. The second-order valence-electron chi connectivity index (χ2n) is 5.46. The minimum atomic E-state index is -1.33. The lowest BCUT2D eigenvalue weighted by atomic mass is 9.75. The van der Waals surface area contributed by atoms with Crippen LogP contribution in [0.4, 0.5) is 0 Å². The fourth-order valence-electron chi connectivity index (χ4n) is 3.03. The van der Waals surface area contributed by atoms with Crippen LogP contribution in [-0.4, -0.2) is 16.3 Å². The van der Waals surface area contributed by atoms with Gasteiger partial charge in [-0.25, -0.2) is 0 Å². The molecule has 0 aromatic carbocycles. The smallest absolute Gasteiger partial charge is 0.201 e. The number of rotatable bonds is 0. The lowest BCUT2D eigenvalue weighted by Gasteiger charge is -2.29. The van der Waals surface area contributed by atoms with Gasteiger partial charge in [-0.2, -0.15) is 0 Å². The summed E-state index contributed by atoms with van der Waals surface area (Å²) in [4.78, 5) is 15.9. The Labute approximate surface area is 112 Å². The molecule has 3 nitrogen and oxygen atoms in total. The third kappa shape index (κ3) is 1.30. The first-order chi connectivity index (χ1) is 8.90. The zero-order valence-corrected chi connectivity index (χ0v) is 11.3. The average Bonchev–Trinajstić information content (AvgIpc) is 2.89. The molecule has 2 unspecified atom stereocenters. The molecule has 2 aliphatic rings. The van der Waals surface area contributed by atoms with E-state index >= 15 is 0 Å². The van der Waals surface area contributed by atoms with Gasteiger partial charge in [-0.3, -0.25) is 4.79 Å². The van der Waals surface area contributed by atoms with Crippen LogP contribution in [0, 0.1) is 25.2 Å². The third-order valence-corrected chi connectivity index (χ3v) is 4.26. The Bertz CT molecular complexity index is 712. The summed E-state index contributed by atoms with van der Waals surface area (Å²) in [6, 6.07) is 1.83. The van der Waals surface area contributed by atoms with Crippen molar-refractivity contribution in [2.45, 2.75) is 26.3 Å². The summed E-state index contributed by atoms with van der Waals surface area (Å²) < 4.78 is 0. The van der Waals surface area contributed by atoms with Crippen LogP contribution in [0.15, 0.2) is 23.3 Å². The Morgan fingerprint density at radius 3 is 2.79 bits per heavy atom. The number of aromatic nitrogens is 1. The van der Waals surface area contributed by atoms with Crippen molar-refractivity contribution in [3.05, 3.63) is 40.2 Å². The van der Waals surface area contributed by atoms with Crippen LogP contribution in [-0.2, 0) is 0 Å². The van der Waals surface area contributed by atoms with E-state index in [9.17, 15) is 4.79 Å². The number of fused-ring (bicyclic) bond motifs is 2. The van der Waals surface area contributed by atoms with Crippen LogP contribution in [0.5, 0.6) is 0 Å². The topological polar surface area (TPSA) is 58.9 Å². The molecular formula is C16H16N2O. The molecule has 0 saturated heterocycles. The Hall–Kier alpha value is -2.05. The molecular weight excluding hydrogens is 236 g/mol. The standard InChI is InChI=1S/C16H16N2O/c1-5-16(17)12-6-8(2)10(4)13(12)14-11(15(16)19)7-9(3)18-14/h1,6-7,10,18H,17H2,2-4H3. The van der Waals surface area contributed by atoms with E-state index in [1.54, 1.807) is 0 Å². The van der Waals surface area contributed by atoms with Crippen LogP contribution >= 0.6 is 0 Å². The number of aromatic amines is 1. The highest BCUT2D eigenvalue weighted by Gasteiger charge is 2.47. The number of Topliss-reactive ketones (excluding diaryl/α,β-unsaturated/α-hetero) is 1. The lowest BCUT2D eigenvalue weighted by molar-refractivity contribution is 0.0944. The maximum absolute atomic E-state index is 12.6. The Balaban J connectivity index is 2.38. The van der Waals surface area contributed by atoms with Crippen molar-refractivity contribution in [2.75, 3.05) is 0 Å². The quantitative estimate of drug-likeness (QED) is 0.695. The summed E-state index contributed by atoms with van der Waals surface area (Å²) in [5.41, 5.74) is 10.4. The van der Waals surface area contributed by atoms with Crippen LogP contribution < -0.4 is 5.73 Å². The van der Waals surface area contributed by atoms with Gasteiger partial charge in [-0.05, 0) is 31.1 Å². The summed E-state index contributed by atoms with van der Waals surface area (Å²) in [5, 5.41) is 0. The van der Waals surface area contributed by atoms with Gasteiger partial charge in [-0.15, -0.1) is 6.42 Å². The first-order valence-electron chi connectivity index (χ1n) is 6.34. The van der Waals surface area contributed by atoms with Crippen LogP contribution in [0.2, 0.25) is 0 Å². The summed E-state index contributed by atoms with van der Waals surface area (Å²) in [5.74, 6) is 2.55. The summed E-state index contributed by atoms with van der Waals surface area (Å²) in [6.45, 7) is 6.08. The average molecular weight is 252 g/mol. The first kappa shape index (κ1) is 12.0. The Morgan fingerprint density at radius 1 is 1.47 bits per heavy atom. The summed E-state index contributed by atoms with van der Waals surface area (Å²) >= 11 is 0. The monoisotopic (exact) mass is 252 g/mol. The molecule has 3 N–H and O–H groups in total. The first-order valence-corrected chi connectivity index (χ1v) is 6.34. The maximum atomic E-state index is 12.6. The van der Waals surface area contributed by atoms with Gasteiger partial charge in [0.05, 0.1) is 5.69 Å². The van der Waals surface area contributed by atoms with Crippen molar-refractivity contribution < 1.29 is 4.79 Å². The number of nitrogens with one attached hydrogen (secondary N) is 1. The molecule has 1 heterocycles. The molecule has 0 amide bonds. The van der Waals surface area contributed by atoms with Gasteiger partial charge in [0, 0.05) is 17.2 Å². The molecule has 1 aromatic rings. The molecule has 96 valence electrons. The number of nitrogens with two attached hydrogens (primary N) is 1. The highest BCUT2D eigenvalue weighted by atomic mass is 16.1. The molecule has 2 atom stereocenters. The van der Waals surface area contributed by atoms with E-state index < -0.39 is 5.54 Å². The van der Waals surface area contributed by atoms with Crippen molar-refractivity contribution in [1.82, 2.24) is 4.98 Å². The molecule has 1 aromatic heterocycles. The van der Waals surface area contributed by atoms with Crippen molar-refractivity contribution in [1.29, 1.82) is 0 Å². The summed E-state index contributed by atoms with van der Waals surface area (Å²) in [7, 11) is 0.